The van der Waals surface area contributed by atoms with E-state index in [1.807, 2.05) is 6.26 Å². The number of halogens is 4. The summed E-state index contributed by atoms with van der Waals surface area (Å²) >= 11 is 2.71. The Labute approximate surface area is 441 Å². The Kier molecular flexibility index (Phi) is 29.9. The third-order valence-corrected chi connectivity index (χ3v) is 7.81. The summed E-state index contributed by atoms with van der Waals surface area (Å²) in [5.74, 6) is -4.05. The molecule has 17 nitrogen and oxygen atoms in total. The Morgan fingerprint density at radius 1 is 0.902 bits per heavy atom. The minimum atomic E-state index is -0.930. The van der Waals surface area contributed by atoms with Crippen molar-refractivity contribution >= 4 is 59.1 Å². The van der Waals surface area contributed by atoms with Crippen LogP contribution in [0.15, 0.2) is 70.0 Å². The molecular weight excluding hydrogens is 911 g/mol. The second-order valence-electron chi connectivity index (χ2n) is 11.2. The SMILES string of the molecule is COC(=O)COc1ccc(F)cc1F.CSc1ncc(C=O)c(NC[C@@H](C)O)n1.CSc1ncc2cc(Oc3ccc(F)cc3F)c(=O)n(C[C@@H](C)O)c2n1.O=CO[O-].[H-].[K+].[K+]. The standard InChI is InChI=1S/C17H15F2N3O3S.C9H8F2O3.C9H13N3O2S.CH2O3.2K.H/c1-9(23)8-22-15-10(7-20-17(21-15)26-2)5-14(16(22)24)25-13-4-3-11(18)6-12(13)19;1-13-9(12)5-14-8-3-2-6(10)4-7(8)11;1-6(14)3-10-8-7(5-13)4-11-9(12-8)15-2;2-1-4-3;;;/h3-7,9,23H,8H2,1-2H3;2-4H,5H2,1H3;4-6,14H,3H2,1-2H3,(H,10,11,12);1,3H;;;/q;;;;2*+1;-1/p-1/t9-;;6-;;;;/m1.1..../s1. The zero-order valence-electron chi connectivity index (χ0n) is 34.8. The topological polar surface area (TPSA) is 237 Å². The number of thioether (sulfide) groups is 2. The molecule has 0 radical (unpaired) electrons. The molecule has 0 fully saturated rings. The van der Waals surface area contributed by atoms with E-state index in [9.17, 15) is 37.1 Å². The van der Waals surface area contributed by atoms with Crippen LogP contribution in [0.4, 0.5) is 23.4 Å². The summed E-state index contributed by atoms with van der Waals surface area (Å²) < 4.78 is 67.8. The first-order valence-corrected chi connectivity index (χ1v) is 19.0. The van der Waals surface area contributed by atoms with Crippen LogP contribution in [0, 0.1) is 23.3 Å². The van der Waals surface area contributed by atoms with Gasteiger partial charge in [0.15, 0.2) is 52.1 Å². The van der Waals surface area contributed by atoms with Gasteiger partial charge in [-0.3, -0.25) is 19.0 Å². The summed E-state index contributed by atoms with van der Waals surface area (Å²) in [6, 6.07) is 7.00. The molecule has 5 rings (SSSR count). The molecule has 0 aliphatic heterocycles. The Hall–Kier alpha value is -2.61. The number of ether oxygens (including phenoxy) is 3. The number of aromatic nitrogens is 5. The Balaban J connectivity index is 0. The Morgan fingerprint density at radius 2 is 1.46 bits per heavy atom. The number of carbonyl (C=O) groups excluding carboxylic acids is 3. The van der Waals surface area contributed by atoms with Gasteiger partial charge >= 0.3 is 109 Å². The number of benzene rings is 2. The van der Waals surface area contributed by atoms with Gasteiger partial charge in [0.1, 0.15) is 23.1 Å². The summed E-state index contributed by atoms with van der Waals surface area (Å²) in [6.45, 7) is 2.93. The van der Waals surface area contributed by atoms with Gasteiger partial charge in [-0.05, 0) is 56.7 Å². The molecular formula is C36H38F4K2N6O11S2. The van der Waals surface area contributed by atoms with E-state index in [1.54, 1.807) is 13.2 Å². The molecule has 0 bridgehead atoms. The number of anilines is 1. The van der Waals surface area contributed by atoms with Gasteiger partial charge in [0.25, 0.3) is 12.0 Å². The summed E-state index contributed by atoms with van der Waals surface area (Å²) in [7, 11) is 1.19. The fraction of sp³-hybridized carbons (Fsp3) is 0.278. The number of nitrogens with one attached hydrogen (secondary N) is 1. The number of esters is 1. The first-order chi connectivity index (χ1) is 28.1. The molecule has 0 spiro atoms. The molecule has 2 aromatic carbocycles. The van der Waals surface area contributed by atoms with Crippen molar-refractivity contribution in [2.75, 3.05) is 38.1 Å². The number of pyridine rings is 1. The van der Waals surface area contributed by atoms with Crippen molar-refractivity contribution in [2.45, 2.75) is 42.9 Å². The Bertz CT molecular complexity index is 2240. The van der Waals surface area contributed by atoms with E-state index in [0.717, 1.165) is 24.3 Å². The number of fused-ring (bicyclic) bond motifs is 1. The van der Waals surface area contributed by atoms with E-state index in [1.165, 1.54) is 60.6 Å². The molecule has 0 aliphatic carbocycles. The third kappa shape index (κ3) is 20.6. The van der Waals surface area contributed by atoms with Crippen LogP contribution in [0.3, 0.4) is 0 Å². The summed E-state index contributed by atoms with van der Waals surface area (Å²) in [6.07, 6.45) is 6.02. The normalized spacial score (nSPS) is 10.8. The molecule has 2 atom stereocenters. The van der Waals surface area contributed by atoms with Crippen molar-refractivity contribution in [3.05, 3.63) is 94.0 Å². The van der Waals surface area contributed by atoms with Gasteiger partial charge in [0.2, 0.25) is 0 Å². The summed E-state index contributed by atoms with van der Waals surface area (Å²) in [4.78, 5) is 61.9. The second kappa shape index (κ2) is 31.3. The van der Waals surface area contributed by atoms with Gasteiger partial charge in [0.05, 0.1) is 31.4 Å². The number of hydrogen-bond donors (Lipinski definition) is 3. The quantitative estimate of drug-likeness (QED) is 0.0157. The predicted octanol–water partition coefficient (Wildman–Crippen LogP) is -2.16. The molecule has 0 unspecified atom stereocenters. The molecule has 0 amide bonds. The minimum Gasteiger partial charge on any atom is -1.00 e. The van der Waals surface area contributed by atoms with E-state index < -0.39 is 53.6 Å². The predicted molar refractivity (Wildman–Crippen MR) is 205 cm³/mol. The molecule has 0 saturated carbocycles. The maximum Gasteiger partial charge on any atom is 1.00 e. The minimum absolute atomic E-state index is 0. The molecule has 3 aromatic heterocycles. The number of methoxy groups -OCH3 is 1. The number of rotatable bonds is 14. The van der Waals surface area contributed by atoms with Crippen LogP contribution in [0.5, 0.6) is 17.2 Å². The van der Waals surface area contributed by atoms with Gasteiger partial charge in [-0.15, -0.1) is 0 Å². The van der Waals surface area contributed by atoms with Crippen molar-refractivity contribution < 1.29 is 171 Å². The maximum atomic E-state index is 13.8. The van der Waals surface area contributed by atoms with Crippen molar-refractivity contribution in [1.82, 2.24) is 24.5 Å². The first-order valence-electron chi connectivity index (χ1n) is 16.5. The molecule has 5 aromatic rings. The van der Waals surface area contributed by atoms with E-state index in [0.29, 0.717) is 57.7 Å². The fourth-order valence-corrected chi connectivity index (χ4v) is 4.81. The van der Waals surface area contributed by atoms with Gasteiger partial charge in [-0.1, -0.05) is 23.5 Å². The number of hydrogen-bond acceptors (Lipinski definition) is 18. The number of carbonyl (C=O) groups is 3. The van der Waals surface area contributed by atoms with Crippen LogP contribution in [0.1, 0.15) is 25.6 Å². The largest absolute Gasteiger partial charge is 1.00 e. The van der Waals surface area contributed by atoms with Crippen LogP contribution >= 0.6 is 23.5 Å². The fourth-order valence-electron chi connectivity index (χ4n) is 4.13. The van der Waals surface area contributed by atoms with E-state index in [4.69, 9.17) is 24.6 Å². The van der Waals surface area contributed by atoms with Crippen molar-refractivity contribution in [1.29, 1.82) is 0 Å². The molecule has 320 valence electrons. The molecule has 3 N–H and O–H groups in total. The average Bonchev–Trinajstić information content (AvgIpc) is 3.22. The Morgan fingerprint density at radius 3 is 1.95 bits per heavy atom. The molecule has 0 saturated heterocycles. The van der Waals surface area contributed by atoms with Crippen LogP contribution < -0.4 is 128 Å². The van der Waals surface area contributed by atoms with Crippen molar-refractivity contribution in [3.8, 4) is 17.2 Å². The van der Waals surface area contributed by atoms with E-state index in [-0.39, 0.29) is 134 Å². The van der Waals surface area contributed by atoms with E-state index in [2.05, 4.69) is 34.9 Å². The molecule has 0 aliphatic rings. The maximum absolute atomic E-state index is 13.8. The van der Waals surface area contributed by atoms with Gasteiger partial charge in [-0.2, -0.15) is 0 Å². The number of aldehydes is 1. The van der Waals surface area contributed by atoms with Gasteiger partial charge in [0, 0.05) is 36.5 Å². The molecule has 25 heteroatoms. The van der Waals surface area contributed by atoms with Crippen molar-refractivity contribution in [2.24, 2.45) is 0 Å². The van der Waals surface area contributed by atoms with Crippen LogP contribution in [-0.4, -0.2) is 98.4 Å². The number of nitrogens with zero attached hydrogens (tertiary/aromatic N) is 5. The third-order valence-electron chi connectivity index (χ3n) is 6.69. The monoisotopic (exact) mass is 948 g/mol. The van der Waals surface area contributed by atoms with E-state index >= 15 is 0 Å². The zero-order chi connectivity index (χ0) is 44.1. The van der Waals surface area contributed by atoms with Gasteiger partial charge in [-0.25, -0.2) is 42.3 Å². The number of aliphatic hydroxyl groups excluding tert-OH is 2. The van der Waals surface area contributed by atoms with Crippen LogP contribution in [0.25, 0.3) is 11.0 Å². The smallest absolute Gasteiger partial charge is 1.00 e. The number of aliphatic hydroxyl groups is 2. The van der Waals surface area contributed by atoms with Gasteiger partial charge < -0.3 is 41.3 Å². The zero-order valence-corrected chi connectivity index (χ0v) is 41.6. The first kappa shape index (κ1) is 58.4. The molecule has 61 heavy (non-hydrogen) atoms. The van der Waals surface area contributed by atoms with Crippen LogP contribution in [-0.2, 0) is 25.8 Å². The molecule has 3 heterocycles. The van der Waals surface area contributed by atoms with Crippen LogP contribution in [0.2, 0.25) is 0 Å². The van der Waals surface area contributed by atoms with Crippen molar-refractivity contribution in [3.63, 3.8) is 0 Å². The average molecular weight is 949 g/mol. The summed E-state index contributed by atoms with van der Waals surface area (Å²) in [5, 5.41) is 31.7. The summed E-state index contributed by atoms with van der Waals surface area (Å²) in [5.41, 5.74) is 0.142. The second-order valence-corrected chi connectivity index (χ2v) is 12.8.